The first-order chi connectivity index (χ1) is 11.4. The van der Waals surface area contributed by atoms with E-state index >= 15 is 0 Å². The summed E-state index contributed by atoms with van der Waals surface area (Å²) < 4.78 is 4.79. The summed E-state index contributed by atoms with van der Waals surface area (Å²) in [5, 5.41) is 33.8. The lowest BCUT2D eigenvalue weighted by Crippen LogP contribution is -2.15. The normalized spacial score (nSPS) is 11.3. The molecule has 0 fully saturated rings. The van der Waals surface area contributed by atoms with E-state index in [0.717, 1.165) is 0 Å². The lowest BCUT2D eigenvalue weighted by molar-refractivity contribution is -0.136. The van der Waals surface area contributed by atoms with Crippen LogP contribution in [0.25, 0.3) is 5.76 Å². The van der Waals surface area contributed by atoms with Crippen LogP contribution < -0.4 is 5.32 Å². The van der Waals surface area contributed by atoms with Gasteiger partial charge in [0.05, 0.1) is 18.2 Å². The smallest absolute Gasteiger partial charge is 0.307 e. The number of nitriles is 1. The Balaban J connectivity index is 2.20. The van der Waals surface area contributed by atoms with Crippen LogP contribution in [0, 0.1) is 18.3 Å². The van der Waals surface area contributed by atoms with Crippen LogP contribution in [0.3, 0.4) is 0 Å². The Hall–Kier alpha value is -3.60. The van der Waals surface area contributed by atoms with E-state index < -0.39 is 23.2 Å². The molecule has 1 heterocycles. The quantitative estimate of drug-likeness (QED) is 0.434. The summed E-state index contributed by atoms with van der Waals surface area (Å²) in [5.74, 6) is -2.03. The lowest BCUT2D eigenvalue weighted by atomic mass is 10.1. The molecule has 0 unspecified atom stereocenters. The molecule has 1 amide bonds. The van der Waals surface area contributed by atoms with Gasteiger partial charge >= 0.3 is 5.97 Å². The number of amides is 1. The highest BCUT2D eigenvalue weighted by atomic mass is 16.5. The summed E-state index contributed by atoms with van der Waals surface area (Å²) in [6.07, 6.45) is 1.07. The molecule has 8 nitrogen and oxygen atoms in total. The van der Waals surface area contributed by atoms with Crippen molar-refractivity contribution < 1.29 is 24.3 Å². The molecule has 0 spiro atoms. The number of carboxylic acid groups (broad SMARTS) is 1. The minimum absolute atomic E-state index is 0.134. The molecule has 0 saturated heterocycles. The molecule has 1 aromatic heterocycles. The number of nitrogens with zero attached hydrogens (tertiary/aromatic N) is 2. The zero-order valence-electron chi connectivity index (χ0n) is 12.6. The van der Waals surface area contributed by atoms with Gasteiger partial charge in [0.25, 0.3) is 5.91 Å². The van der Waals surface area contributed by atoms with Crippen LogP contribution in [0.1, 0.15) is 16.9 Å². The van der Waals surface area contributed by atoms with Crippen LogP contribution in [0.4, 0.5) is 5.69 Å². The topological polar surface area (TPSA) is 136 Å². The van der Waals surface area contributed by atoms with Crippen LogP contribution in [-0.2, 0) is 16.0 Å². The Morgan fingerprint density at radius 3 is 2.46 bits per heavy atom. The van der Waals surface area contributed by atoms with Crippen molar-refractivity contribution in [1.82, 2.24) is 5.16 Å². The fourth-order valence-electron chi connectivity index (χ4n) is 1.95. The average molecular weight is 327 g/mol. The van der Waals surface area contributed by atoms with Gasteiger partial charge in [0.15, 0.2) is 11.3 Å². The van der Waals surface area contributed by atoms with E-state index in [1.54, 1.807) is 18.2 Å². The van der Waals surface area contributed by atoms with Gasteiger partial charge in [-0.05, 0) is 24.6 Å². The Kier molecular flexibility index (Phi) is 4.96. The van der Waals surface area contributed by atoms with Crippen molar-refractivity contribution in [1.29, 1.82) is 5.26 Å². The standard InChI is InChI=1S/C16H13N3O5/c1-9-13(8-18-24-9)15(22)12(7-17)16(23)19-11-4-2-10(3-5-11)6-14(20)21/h2-5,8,22H,6H2,1H3,(H,19,23)(H,20,21)/b15-12-. The fourth-order valence-corrected chi connectivity index (χ4v) is 1.95. The molecular weight excluding hydrogens is 314 g/mol. The molecule has 2 rings (SSSR count). The van der Waals surface area contributed by atoms with Crippen molar-refractivity contribution >= 4 is 23.3 Å². The number of carbonyl (C=O) groups excluding carboxylic acids is 1. The maximum atomic E-state index is 12.2. The number of aliphatic hydroxyl groups excluding tert-OH is 1. The Labute approximate surface area is 136 Å². The predicted molar refractivity (Wildman–Crippen MR) is 82.8 cm³/mol. The molecule has 0 saturated carbocycles. The van der Waals surface area contributed by atoms with Gasteiger partial charge in [0.1, 0.15) is 11.8 Å². The van der Waals surface area contributed by atoms with Crippen molar-refractivity contribution in [2.75, 3.05) is 5.32 Å². The molecule has 0 atom stereocenters. The third kappa shape index (κ3) is 3.78. The number of aryl methyl sites for hydroxylation is 1. The number of aliphatic hydroxyl groups is 1. The maximum absolute atomic E-state index is 12.2. The molecular formula is C16H13N3O5. The summed E-state index contributed by atoms with van der Waals surface area (Å²) in [4.78, 5) is 22.8. The number of anilines is 1. The first-order valence-electron chi connectivity index (χ1n) is 6.79. The highest BCUT2D eigenvalue weighted by molar-refractivity contribution is 6.11. The summed E-state index contributed by atoms with van der Waals surface area (Å²) in [6.45, 7) is 1.53. The molecule has 0 radical (unpaired) electrons. The van der Waals surface area contributed by atoms with Crippen molar-refractivity contribution in [3.63, 3.8) is 0 Å². The number of aliphatic carboxylic acids is 1. The van der Waals surface area contributed by atoms with Crippen LogP contribution in [0.15, 0.2) is 40.6 Å². The molecule has 0 aliphatic rings. The zero-order valence-corrected chi connectivity index (χ0v) is 12.6. The Morgan fingerprint density at radius 2 is 1.96 bits per heavy atom. The number of rotatable bonds is 5. The van der Waals surface area contributed by atoms with Gasteiger partial charge < -0.3 is 20.1 Å². The predicted octanol–water partition coefficient (Wildman–Crippen LogP) is 2.04. The van der Waals surface area contributed by atoms with Crippen molar-refractivity contribution in [3.05, 3.63) is 52.9 Å². The van der Waals surface area contributed by atoms with Gasteiger partial charge in [-0.15, -0.1) is 0 Å². The van der Waals surface area contributed by atoms with E-state index in [2.05, 4.69) is 10.5 Å². The van der Waals surface area contributed by atoms with E-state index in [0.29, 0.717) is 11.3 Å². The first kappa shape index (κ1) is 16.8. The number of carbonyl (C=O) groups is 2. The van der Waals surface area contributed by atoms with E-state index in [-0.39, 0.29) is 17.7 Å². The largest absolute Gasteiger partial charge is 0.506 e. The van der Waals surface area contributed by atoms with Gasteiger partial charge in [-0.2, -0.15) is 5.26 Å². The molecule has 0 bridgehead atoms. The summed E-state index contributed by atoms with van der Waals surface area (Å²) >= 11 is 0. The SMILES string of the molecule is Cc1oncc1/C(O)=C(\C#N)C(=O)Nc1ccc(CC(=O)O)cc1. The van der Waals surface area contributed by atoms with Gasteiger partial charge in [0, 0.05) is 5.69 Å². The number of nitrogens with one attached hydrogen (secondary N) is 1. The summed E-state index contributed by atoms with van der Waals surface area (Å²) in [7, 11) is 0. The lowest BCUT2D eigenvalue weighted by Gasteiger charge is -2.06. The van der Waals surface area contributed by atoms with Crippen molar-refractivity contribution in [2.24, 2.45) is 0 Å². The molecule has 24 heavy (non-hydrogen) atoms. The summed E-state index contributed by atoms with van der Waals surface area (Å²) in [6, 6.07) is 7.75. The number of hydrogen-bond donors (Lipinski definition) is 3. The highest BCUT2D eigenvalue weighted by Gasteiger charge is 2.20. The monoisotopic (exact) mass is 327 g/mol. The first-order valence-corrected chi connectivity index (χ1v) is 6.79. The molecule has 3 N–H and O–H groups in total. The number of benzene rings is 1. The van der Waals surface area contributed by atoms with Crippen LogP contribution in [-0.4, -0.2) is 27.2 Å². The fraction of sp³-hybridized carbons (Fsp3) is 0.125. The van der Waals surface area contributed by atoms with E-state index in [4.69, 9.17) is 14.9 Å². The molecule has 0 aliphatic heterocycles. The minimum Gasteiger partial charge on any atom is -0.506 e. The third-order valence-corrected chi connectivity index (χ3v) is 3.15. The van der Waals surface area contributed by atoms with Gasteiger partial charge in [-0.3, -0.25) is 9.59 Å². The van der Waals surface area contributed by atoms with Gasteiger partial charge in [0.2, 0.25) is 0 Å². The number of carboxylic acids is 1. The van der Waals surface area contributed by atoms with Crippen molar-refractivity contribution in [3.8, 4) is 6.07 Å². The second kappa shape index (κ2) is 7.11. The highest BCUT2D eigenvalue weighted by Crippen LogP contribution is 2.20. The van der Waals surface area contributed by atoms with E-state index in [1.807, 2.05) is 0 Å². The molecule has 122 valence electrons. The second-order valence-corrected chi connectivity index (χ2v) is 4.85. The maximum Gasteiger partial charge on any atom is 0.307 e. The molecule has 1 aromatic carbocycles. The second-order valence-electron chi connectivity index (χ2n) is 4.85. The number of hydrogen-bond acceptors (Lipinski definition) is 6. The van der Waals surface area contributed by atoms with Crippen LogP contribution >= 0.6 is 0 Å². The van der Waals surface area contributed by atoms with Crippen LogP contribution in [0.2, 0.25) is 0 Å². The molecule has 8 heteroatoms. The summed E-state index contributed by atoms with van der Waals surface area (Å²) in [5.41, 5.74) is 0.589. The molecule has 2 aromatic rings. The van der Waals surface area contributed by atoms with E-state index in [1.165, 1.54) is 25.3 Å². The third-order valence-electron chi connectivity index (χ3n) is 3.15. The molecule has 0 aliphatic carbocycles. The zero-order chi connectivity index (χ0) is 17.7. The number of aromatic nitrogens is 1. The van der Waals surface area contributed by atoms with Gasteiger partial charge in [-0.25, -0.2) is 0 Å². The Morgan fingerprint density at radius 1 is 1.29 bits per heavy atom. The Bertz CT molecular complexity index is 843. The van der Waals surface area contributed by atoms with E-state index in [9.17, 15) is 14.7 Å². The van der Waals surface area contributed by atoms with Gasteiger partial charge in [-0.1, -0.05) is 17.3 Å². The average Bonchev–Trinajstić information content (AvgIpc) is 2.95. The van der Waals surface area contributed by atoms with Crippen LogP contribution in [0.5, 0.6) is 0 Å². The minimum atomic E-state index is -0.963. The van der Waals surface area contributed by atoms with Crippen molar-refractivity contribution in [2.45, 2.75) is 13.3 Å².